The van der Waals surface area contributed by atoms with E-state index in [0.29, 0.717) is 5.69 Å². The first kappa shape index (κ1) is 7.33. The number of anilines is 2. The number of amides is 1. The summed E-state index contributed by atoms with van der Waals surface area (Å²) in [7, 11) is 0. The molecule has 58 valence electrons. The van der Waals surface area contributed by atoms with Gasteiger partial charge in [0.05, 0.1) is 17.4 Å². The largest absolute Gasteiger partial charge is 0.397 e. The molecule has 0 spiro atoms. The zero-order valence-corrected chi connectivity index (χ0v) is 5.74. The second kappa shape index (κ2) is 2.45. The highest BCUT2D eigenvalue weighted by atomic mass is 16.1. The first-order chi connectivity index (χ1) is 5.11. The van der Waals surface area contributed by atoms with Crippen molar-refractivity contribution >= 4 is 17.4 Å². The molecule has 0 radical (unpaired) electrons. The maximum absolute atomic E-state index is 10.6. The summed E-state index contributed by atoms with van der Waals surface area (Å²) in [6.07, 6.45) is 1.36. The summed E-state index contributed by atoms with van der Waals surface area (Å²) < 4.78 is 0. The first-order valence-corrected chi connectivity index (χ1v) is 2.92. The molecule has 1 heterocycles. The van der Waals surface area contributed by atoms with Crippen molar-refractivity contribution in [3.05, 3.63) is 17.8 Å². The summed E-state index contributed by atoms with van der Waals surface area (Å²) >= 11 is 0. The van der Waals surface area contributed by atoms with E-state index in [9.17, 15) is 4.79 Å². The third-order valence-corrected chi connectivity index (χ3v) is 1.21. The minimum absolute atomic E-state index is 0.103. The Balaban J connectivity index is 3.23. The van der Waals surface area contributed by atoms with Gasteiger partial charge in [0.25, 0.3) is 5.91 Å². The number of nitrogen functional groups attached to an aromatic ring is 2. The summed E-state index contributed by atoms with van der Waals surface area (Å²) in [5.41, 5.74) is 16.2. The quantitative estimate of drug-likeness (QED) is 0.496. The number of nitrogens with zero attached hydrogens (tertiary/aromatic N) is 1. The van der Waals surface area contributed by atoms with Crippen LogP contribution in [0.3, 0.4) is 0 Å². The van der Waals surface area contributed by atoms with Crippen molar-refractivity contribution in [2.24, 2.45) is 5.73 Å². The van der Waals surface area contributed by atoms with E-state index in [1.54, 1.807) is 0 Å². The van der Waals surface area contributed by atoms with Crippen LogP contribution in [0.1, 0.15) is 10.4 Å². The number of nitrogens with two attached hydrogens (primary N) is 3. The van der Waals surface area contributed by atoms with Crippen LogP contribution in [0.5, 0.6) is 0 Å². The lowest BCUT2D eigenvalue weighted by molar-refractivity contribution is 0.100. The van der Waals surface area contributed by atoms with E-state index in [2.05, 4.69) is 4.98 Å². The predicted molar refractivity (Wildman–Crippen MR) is 41.6 cm³/mol. The van der Waals surface area contributed by atoms with Gasteiger partial charge in [0, 0.05) is 0 Å². The van der Waals surface area contributed by atoms with E-state index in [1.807, 2.05) is 0 Å². The van der Waals surface area contributed by atoms with E-state index in [0.717, 1.165) is 0 Å². The van der Waals surface area contributed by atoms with Gasteiger partial charge in [0.1, 0.15) is 5.82 Å². The summed E-state index contributed by atoms with van der Waals surface area (Å²) in [6.45, 7) is 0. The molecule has 1 aromatic heterocycles. The van der Waals surface area contributed by atoms with Gasteiger partial charge in [0.2, 0.25) is 0 Å². The Bertz CT molecular complexity index is 297. The molecular weight excluding hydrogens is 144 g/mol. The molecule has 0 aliphatic rings. The van der Waals surface area contributed by atoms with Crippen molar-refractivity contribution in [1.82, 2.24) is 4.98 Å². The second-order valence-corrected chi connectivity index (χ2v) is 2.07. The van der Waals surface area contributed by atoms with Crippen molar-refractivity contribution < 1.29 is 4.79 Å². The number of hydrogen-bond acceptors (Lipinski definition) is 4. The Kier molecular flexibility index (Phi) is 1.63. The molecule has 5 heteroatoms. The first-order valence-electron chi connectivity index (χ1n) is 2.92. The minimum atomic E-state index is -0.623. The Labute approximate surface area is 63.2 Å². The van der Waals surface area contributed by atoms with Gasteiger partial charge in [-0.3, -0.25) is 4.79 Å². The summed E-state index contributed by atoms with van der Waals surface area (Å²) in [5, 5.41) is 0. The lowest BCUT2D eigenvalue weighted by atomic mass is 10.2. The number of carbonyl (C=O) groups is 1. The maximum Gasteiger partial charge on any atom is 0.252 e. The van der Waals surface area contributed by atoms with Gasteiger partial charge in [-0.05, 0) is 6.07 Å². The fourth-order valence-corrected chi connectivity index (χ4v) is 0.689. The molecule has 0 unspecified atom stereocenters. The van der Waals surface area contributed by atoms with Crippen molar-refractivity contribution in [3.63, 3.8) is 0 Å². The highest BCUT2D eigenvalue weighted by Crippen LogP contribution is 2.10. The average molecular weight is 152 g/mol. The lowest BCUT2D eigenvalue weighted by Crippen LogP contribution is -2.14. The van der Waals surface area contributed by atoms with Gasteiger partial charge in [-0.2, -0.15) is 0 Å². The fourth-order valence-electron chi connectivity index (χ4n) is 0.689. The summed E-state index contributed by atoms with van der Waals surface area (Å²) in [6, 6.07) is 1.39. The third kappa shape index (κ3) is 1.37. The van der Waals surface area contributed by atoms with E-state index < -0.39 is 5.91 Å². The summed E-state index contributed by atoms with van der Waals surface area (Å²) in [4.78, 5) is 14.3. The molecule has 6 N–H and O–H groups in total. The van der Waals surface area contributed by atoms with Crippen LogP contribution >= 0.6 is 0 Å². The molecule has 1 aromatic rings. The van der Waals surface area contributed by atoms with Crippen LogP contribution < -0.4 is 17.2 Å². The predicted octanol–water partition coefficient (Wildman–Crippen LogP) is -0.655. The zero-order chi connectivity index (χ0) is 8.43. The molecule has 1 amide bonds. The van der Waals surface area contributed by atoms with Crippen molar-refractivity contribution in [2.45, 2.75) is 0 Å². The Morgan fingerprint density at radius 2 is 2.09 bits per heavy atom. The average Bonchev–Trinajstić information content (AvgIpc) is 1.94. The fraction of sp³-hybridized carbons (Fsp3) is 0. The van der Waals surface area contributed by atoms with Gasteiger partial charge >= 0.3 is 0 Å². The molecule has 0 saturated carbocycles. The molecular formula is C6H8N4O. The van der Waals surface area contributed by atoms with Gasteiger partial charge in [0.15, 0.2) is 0 Å². The van der Waals surface area contributed by atoms with Crippen LogP contribution in [-0.4, -0.2) is 10.9 Å². The molecule has 11 heavy (non-hydrogen) atoms. The molecule has 0 bridgehead atoms. The van der Waals surface area contributed by atoms with Crippen LogP contribution in [0.4, 0.5) is 11.5 Å². The van der Waals surface area contributed by atoms with E-state index >= 15 is 0 Å². The number of hydrogen-bond donors (Lipinski definition) is 3. The number of carbonyl (C=O) groups excluding carboxylic acids is 1. The molecule has 5 nitrogen and oxygen atoms in total. The number of pyridine rings is 1. The molecule has 0 aromatic carbocycles. The van der Waals surface area contributed by atoms with Crippen LogP contribution in [0, 0.1) is 0 Å². The number of rotatable bonds is 1. The van der Waals surface area contributed by atoms with Crippen molar-refractivity contribution in [2.75, 3.05) is 11.5 Å². The molecule has 0 saturated heterocycles. The van der Waals surface area contributed by atoms with Crippen molar-refractivity contribution in [3.8, 4) is 0 Å². The Hall–Kier alpha value is -1.78. The maximum atomic E-state index is 10.6. The number of aromatic nitrogens is 1. The Morgan fingerprint density at radius 1 is 1.45 bits per heavy atom. The van der Waals surface area contributed by atoms with E-state index in [-0.39, 0.29) is 11.4 Å². The molecule has 0 aliphatic heterocycles. The van der Waals surface area contributed by atoms with Gasteiger partial charge in [-0.1, -0.05) is 0 Å². The molecule has 0 atom stereocenters. The Morgan fingerprint density at radius 3 is 2.55 bits per heavy atom. The number of primary amides is 1. The highest BCUT2D eigenvalue weighted by molar-refractivity contribution is 5.97. The SMILES string of the molecule is NC(=O)c1cc(N)cnc1N. The van der Waals surface area contributed by atoms with Crippen molar-refractivity contribution in [1.29, 1.82) is 0 Å². The van der Waals surface area contributed by atoms with Crippen LogP contribution in [0.2, 0.25) is 0 Å². The highest BCUT2D eigenvalue weighted by Gasteiger charge is 2.05. The van der Waals surface area contributed by atoms with Crippen LogP contribution in [-0.2, 0) is 0 Å². The van der Waals surface area contributed by atoms with Gasteiger partial charge in [-0.25, -0.2) is 4.98 Å². The molecule has 0 aliphatic carbocycles. The standard InChI is InChI=1S/C6H8N4O/c7-3-1-4(6(9)11)5(8)10-2-3/h1-2H,7H2,(H2,8,10)(H2,9,11). The molecule has 0 fully saturated rings. The minimum Gasteiger partial charge on any atom is -0.397 e. The van der Waals surface area contributed by atoms with E-state index in [1.165, 1.54) is 12.3 Å². The van der Waals surface area contributed by atoms with Crippen LogP contribution in [0.15, 0.2) is 12.3 Å². The topological polar surface area (TPSA) is 108 Å². The van der Waals surface area contributed by atoms with Gasteiger partial charge < -0.3 is 17.2 Å². The van der Waals surface area contributed by atoms with E-state index in [4.69, 9.17) is 17.2 Å². The second-order valence-electron chi connectivity index (χ2n) is 2.07. The molecule has 1 rings (SSSR count). The van der Waals surface area contributed by atoms with Crippen LogP contribution in [0.25, 0.3) is 0 Å². The van der Waals surface area contributed by atoms with Gasteiger partial charge in [-0.15, -0.1) is 0 Å². The zero-order valence-electron chi connectivity index (χ0n) is 5.74. The summed E-state index contributed by atoms with van der Waals surface area (Å²) in [5.74, 6) is -0.519. The monoisotopic (exact) mass is 152 g/mol. The lowest BCUT2D eigenvalue weighted by Gasteiger charge is -1.99. The smallest absolute Gasteiger partial charge is 0.252 e. The normalized spacial score (nSPS) is 9.45. The third-order valence-electron chi connectivity index (χ3n) is 1.21.